The number of carbonyl (C=O) groups is 1. The number of rotatable bonds is 5. The molecule has 0 spiro atoms. The molecular formula is C15H18Cl2OS. The molecule has 0 bridgehead atoms. The minimum Gasteiger partial charge on any atom is -0.298 e. The standard InChI is InChI=1S/C15H18Cl2OS/c16-14-8-4-5-11(15(14)17)9-12(18)10-19-13-6-2-1-3-7-13/h4-5,8,13H,1-3,6-7,9-10H2. The molecule has 1 fully saturated rings. The monoisotopic (exact) mass is 316 g/mol. The Hall–Kier alpha value is -0.180. The number of thioether (sulfide) groups is 1. The Kier molecular flexibility index (Phi) is 6.06. The predicted octanol–water partition coefficient (Wildman–Crippen LogP) is 5.17. The van der Waals surface area contributed by atoms with Crippen LogP contribution in [0.15, 0.2) is 18.2 Å². The molecule has 1 aliphatic carbocycles. The Morgan fingerprint density at radius 2 is 1.95 bits per heavy atom. The lowest BCUT2D eigenvalue weighted by molar-refractivity contribution is -0.116. The quantitative estimate of drug-likeness (QED) is 0.745. The molecule has 19 heavy (non-hydrogen) atoms. The van der Waals surface area contributed by atoms with E-state index in [1.807, 2.05) is 23.9 Å². The van der Waals surface area contributed by atoms with Gasteiger partial charge in [-0.1, -0.05) is 54.6 Å². The highest BCUT2D eigenvalue weighted by Gasteiger charge is 2.16. The van der Waals surface area contributed by atoms with Crippen LogP contribution in [0, 0.1) is 0 Å². The molecule has 0 amide bonds. The van der Waals surface area contributed by atoms with Crippen LogP contribution in [0.3, 0.4) is 0 Å². The maximum Gasteiger partial charge on any atom is 0.147 e. The number of benzene rings is 1. The summed E-state index contributed by atoms with van der Waals surface area (Å²) >= 11 is 13.9. The van der Waals surface area contributed by atoms with Gasteiger partial charge in [-0.25, -0.2) is 0 Å². The lowest BCUT2D eigenvalue weighted by Crippen LogP contribution is -2.13. The molecule has 2 rings (SSSR count). The highest BCUT2D eigenvalue weighted by Crippen LogP contribution is 2.29. The average Bonchev–Trinajstić information content (AvgIpc) is 2.43. The molecule has 0 radical (unpaired) electrons. The Bertz CT molecular complexity index is 442. The zero-order valence-electron chi connectivity index (χ0n) is 10.8. The van der Waals surface area contributed by atoms with E-state index in [0.29, 0.717) is 27.5 Å². The van der Waals surface area contributed by atoms with Crippen molar-refractivity contribution < 1.29 is 4.79 Å². The van der Waals surface area contributed by atoms with Crippen LogP contribution in [-0.4, -0.2) is 16.8 Å². The first kappa shape index (κ1) is 15.2. The number of hydrogen-bond acceptors (Lipinski definition) is 2. The van der Waals surface area contributed by atoms with Gasteiger partial charge in [0.2, 0.25) is 0 Å². The fraction of sp³-hybridized carbons (Fsp3) is 0.533. The Balaban J connectivity index is 1.82. The number of hydrogen-bond donors (Lipinski definition) is 0. The van der Waals surface area contributed by atoms with E-state index in [1.54, 1.807) is 6.07 Å². The van der Waals surface area contributed by atoms with Crippen LogP contribution in [0.5, 0.6) is 0 Å². The number of halogens is 2. The van der Waals surface area contributed by atoms with Crippen LogP contribution < -0.4 is 0 Å². The summed E-state index contributed by atoms with van der Waals surface area (Å²) in [5, 5.41) is 1.71. The summed E-state index contributed by atoms with van der Waals surface area (Å²) in [6.07, 6.45) is 6.88. The van der Waals surface area contributed by atoms with Gasteiger partial charge in [0.05, 0.1) is 15.8 Å². The second-order valence-electron chi connectivity index (χ2n) is 5.00. The first-order valence-corrected chi connectivity index (χ1v) is 8.53. The van der Waals surface area contributed by atoms with Crippen LogP contribution in [-0.2, 0) is 11.2 Å². The normalized spacial score (nSPS) is 16.5. The molecule has 1 aromatic rings. The average molecular weight is 317 g/mol. The fourth-order valence-electron chi connectivity index (χ4n) is 2.39. The molecule has 0 unspecified atom stereocenters. The van der Waals surface area contributed by atoms with E-state index < -0.39 is 0 Å². The number of ketones is 1. The van der Waals surface area contributed by atoms with Gasteiger partial charge in [0.15, 0.2) is 0 Å². The van der Waals surface area contributed by atoms with E-state index in [-0.39, 0.29) is 5.78 Å². The van der Waals surface area contributed by atoms with Crippen LogP contribution in [0.1, 0.15) is 37.7 Å². The van der Waals surface area contributed by atoms with Crippen LogP contribution >= 0.6 is 35.0 Å². The molecule has 0 heterocycles. The zero-order valence-corrected chi connectivity index (χ0v) is 13.2. The summed E-state index contributed by atoms with van der Waals surface area (Å²) < 4.78 is 0. The second-order valence-corrected chi connectivity index (χ2v) is 7.07. The maximum absolute atomic E-state index is 12.0. The van der Waals surface area contributed by atoms with Gasteiger partial charge in [-0.2, -0.15) is 11.8 Å². The van der Waals surface area contributed by atoms with E-state index in [9.17, 15) is 4.79 Å². The molecule has 1 aromatic carbocycles. The zero-order chi connectivity index (χ0) is 13.7. The number of carbonyl (C=O) groups excluding carboxylic acids is 1. The van der Waals surface area contributed by atoms with Gasteiger partial charge in [0.1, 0.15) is 5.78 Å². The van der Waals surface area contributed by atoms with Gasteiger partial charge in [-0.3, -0.25) is 4.79 Å². The van der Waals surface area contributed by atoms with Crippen molar-refractivity contribution in [1.29, 1.82) is 0 Å². The second kappa shape index (κ2) is 7.56. The smallest absolute Gasteiger partial charge is 0.147 e. The lowest BCUT2D eigenvalue weighted by atomic mass is 10.0. The Morgan fingerprint density at radius 1 is 1.21 bits per heavy atom. The van der Waals surface area contributed by atoms with Gasteiger partial charge >= 0.3 is 0 Å². The first-order valence-electron chi connectivity index (χ1n) is 6.73. The maximum atomic E-state index is 12.0. The van der Waals surface area contributed by atoms with Gasteiger partial charge in [-0.15, -0.1) is 0 Å². The lowest BCUT2D eigenvalue weighted by Gasteiger charge is -2.20. The molecule has 0 aromatic heterocycles. The van der Waals surface area contributed by atoms with Gasteiger partial charge < -0.3 is 0 Å². The third-order valence-corrected chi connectivity index (χ3v) is 5.74. The highest BCUT2D eigenvalue weighted by molar-refractivity contribution is 8.00. The van der Waals surface area contributed by atoms with E-state index >= 15 is 0 Å². The van der Waals surface area contributed by atoms with Gasteiger partial charge in [0.25, 0.3) is 0 Å². The molecule has 1 aliphatic rings. The predicted molar refractivity (Wildman–Crippen MR) is 84.5 cm³/mol. The molecule has 0 aliphatic heterocycles. The summed E-state index contributed by atoms with van der Waals surface area (Å²) in [5.74, 6) is 0.827. The largest absolute Gasteiger partial charge is 0.298 e. The minimum absolute atomic E-state index is 0.236. The van der Waals surface area contributed by atoms with Crippen molar-refractivity contribution in [1.82, 2.24) is 0 Å². The van der Waals surface area contributed by atoms with Crippen LogP contribution in [0.2, 0.25) is 10.0 Å². The fourth-order valence-corrected chi connectivity index (χ4v) is 3.97. The molecule has 1 saturated carbocycles. The topological polar surface area (TPSA) is 17.1 Å². The molecule has 0 atom stereocenters. The SMILES string of the molecule is O=C(CSC1CCCCC1)Cc1cccc(Cl)c1Cl. The van der Waals surface area contributed by atoms with Gasteiger partial charge in [0, 0.05) is 11.7 Å². The summed E-state index contributed by atoms with van der Waals surface area (Å²) in [7, 11) is 0. The number of Topliss-reactive ketones (excluding diaryl/α,β-unsaturated/α-hetero) is 1. The van der Waals surface area contributed by atoms with Crippen molar-refractivity contribution >= 4 is 40.7 Å². The summed E-state index contributed by atoms with van der Waals surface area (Å²) in [5.41, 5.74) is 0.836. The first-order chi connectivity index (χ1) is 9.16. The van der Waals surface area contributed by atoms with Crippen molar-refractivity contribution in [3.63, 3.8) is 0 Å². The van der Waals surface area contributed by atoms with E-state index in [1.165, 1.54) is 32.1 Å². The van der Waals surface area contributed by atoms with Crippen molar-refractivity contribution in [3.8, 4) is 0 Å². The van der Waals surface area contributed by atoms with Crippen molar-refractivity contribution in [3.05, 3.63) is 33.8 Å². The highest BCUT2D eigenvalue weighted by atomic mass is 35.5. The van der Waals surface area contributed by atoms with Crippen molar-refractivity contribution in [2.75, 3.05) is 5.75 Å². The Labute approximate surface area is 129 Å². The molecule has 4 heteroatoms. The minimum atomic E-state index is 0.236. The molecular weight excluding hydrogens is 299 g/mol. The van der Waals surface area contributed by atoms with Crippen molar-refractivity contribution in [2.24, 2.45) is 0 Å². The molecule has 0 saturated heterocycles. The summed E-state index contributed by atoms with van der Waals surface area (Å²) in [4.78, 5) is 12.0. The third kappa shape index (κ3) is 4.70. The van der Waals surface area contributed by atoms with E-state index in [2.05, 4.69) is 0 Å². The molecule has 104 valence electrons. The van der Waals surface area contributed by atoms with Gasteiger partial charge in [-0.05, 0) is 24.5 Å². The molecule has 1 nitrogen and oxygen atoms in total. The van der Waals surface area contributed by atoms with E-state index in [4.69, 9.17) is 23.2 Å². The van der Waals surface area contributed by atoms with E-state index in [0.717, 1.165) is 5.56 Å². The summed E-state index contributed by atoms with van der Waals surface area (Å²) in [6, 6.07) is 5.46. The Morgan fingerprint density at radius 3 is 2.68 bits per heavy atom. The molecule has 0 N–H and O–H groups in total. The van der Waals surface area contributed by atoms with Crippen LogP contribution in [0.4, 0.5) is 0 Å². The van der Waals surface area contributed by atoms with Crippen LogP contribution in [0.25, 0.3) is 0 Å². The van der Waals surface area contributed by atoms with Crippen molar-refractivity contribution in [2.45, 2.75) is 43.8 Å². The summed E-state index contributed by atoms with van der Waals surface area (Å²) in [6.45, 7) is 0. The third-order valence-electron chi connectivity index (χ3n) is 3.45.